The van der Waals surface area contributed by atoms with Crippen molar-refractivity contribution in [3.05, 3.63) is 63.7 Å². The van der Waals surface area contributed by atoms with Gasteiger partial charge in [0.05, 0.1) is 10.6 Å². The number of esters is 1. The lowest BCUT2D eigenvalue weighted by atomic mass is 10.0. The number of hydrogen-bond donors (Lipinski definition) is 0. The van der Waals surface area contributed by atoms with Crippen LogP contribution in [0.4, 0.5) is 0 Å². The molecular weight excluding hydrogens is 286 g/mol. The molecule has 2 aromatic carbocycles. The molecule has 0 N–H and O–H groups in total. The molecule has 0 aromatic heterocycles. The highest BCUT2D eigenvalue weighted by molar-refractivity contribution is 6.32. The minimum absolute atomic E-state index is 0.124. The van der Waals surface area contributed by atoms with Crippen LogP contribution < -0.4 is 4.74 Å². The molecule has 0 spiro atoms. The van der Waals surface area contributed by atoms with Crippen LogP contribution in [0.3, 0.4) is 0 Å². The number of halogens is 1. The lowest BCUT2D eigenvalue weighted by Crippen LogP contribution is -2.04. The topological polar surface area (TPSA) is 50.1 Å². The van der Waals surface area contributed by atoms with Crippen LogP contribution in [0, 0.1) is 18.3 Å². The third-order valence-corrected chi connectivity index (χ3v) is 3.28. The van der Waals surface area contributed by atoms with E-state index in [1.54, 1.807) is 12.1 Å². The fraction of sp³-hybridized carbons (Fsp3) is 0.176. The van der Waals surface area contributed by atoms with Crippen LogP contribution in [-0.4, -0.2) is 5.97 Å². The van der Waals surface area contributed by atoms with Gasteiger partial charge in [-0.25, -0.2) is 0 Å². The minimum atomic E-state index is -0.500. The van der Waals surface area contributed by atoms with Crippen LogP contribution in [0.5, 0.6) is 5.75 Å². The van der Waals surface area contributed by atoms with Crippen molar-refractivity contribution in [2.75, 3.05) is 0 Å². The molecular formula is C17H14ClNO2. The molecule has 21 heavy (non-hydrogen) atoms. The zero-order valence-corrected chi connectivity index (χ0v) is 12.6. The zero-order valence-electron chi connectivity index (χ0n) is 11.8. The minimum Gasteiger partial charge on any atom is -0.424 e. The molecule has 2 aromatic rings. The van der Waals surface area contributed by atoms with E-state index >= 15 is 0 Å². The summed E-state index contributed by atoms with van der Waals surface area (Å²) in [7, 11) is 0. The van der Waals surface area contributed by atoms with Crippen molar-refractivity contribution in [1.29, 1.82) is 5.26 Å². The van der Waals surface area contributed by atoms with E-state index in [1.165, 1.54) is 12.5 Å². The Morgan fingerprint density at radius 1 is 1.24 bits per heavy atom. The van der Waals surface area contributed by atoms with Gasteiger partial charge < -0.3 is 4.74 Å². The van der Waals surface area contributed by atoms with Crippen LogP contribution in [0.15, 0.2) is 36.4 Å². The first-order chi connectivity index (χ1) is 9.99. The average molecular weight is 300 g/mol. The molecule has 0 bridgehead atoms. The number of rotatable bonds is 3. The highest BCUT2D eigenvalue weighted by atomic mass is 35.5. The van der Waals surface area contributed by atoms with Crippen molar-refractivity contribution < 1.29 is 9.53 Å². The highest BCUT2D eigenvalue weighted by Crippen LogP contribution is 2.31. The molecule has 0 amide bonds. The largest absolute Gasteiger partial charge is 0.424 e. The predicted octanol–water partition coefficient (Wildman–Crippen LogP) is 4.04. The summed E-state index contributed by atoms with van der Waals surface area (Å²) in [5.41, 5.74) is 3.48. The molecule has 0 saturated carbocycles. The summed E-state index contributed by atoms with van der Waals surface area (Å²) in [6.07, 6.45) is 0.662. The van der Waals surface area contributed by atoms with Crippen molar-refractivity contribution in [3.63, 3.8) is 0 Å². The summed E-state index contributed by atoms with van der Waals surface area (Å²) in [5, 5.41) is 9.45. The normalized spacial score (nSPS) is 10.0. The molecule has 106 valence electrons. The van der Waals surface area contributed by atoms with Gasteiger partial charge in [0.1, 0.15) is 6.07 Å². The van der Waals surface area contributed by atoms with Crippen molar-refractivity contribution in [3.8, 4) is 11.8 Å². The molecule has 3 nitrogen and oxygen atoms in total. The Morgan fingerprint density at radius 3 is 2.48 bits per heavy atom. The lowest BCUT2D eigenvalue weighted by Gasteiger charge is -2.09. The lowest BCUT2D eigenvalue weighted by molar-refractivity contribution is -0.131. The number of nitriles is 1. The summed E-state index contributed by atoms with van der Waals surface area (Å²) in [6, 6.07) is 13.6. The van der Waals surface area contributed by atoms with Crippen LogP contribution in [0.25, 0.3) is 0 Å². The van der Waals surface area contributed by atoms with Gasteiger partial charge in [-0.2, -0.15) is 5.26 Å². The number of ether oxygens (including phenoxy) is 1. The first-order valence-electron chi connectivity index (χ1n) is 6.46. The zero-order chi connectivity index (χ0) is 15.4. The van der Waals surface area contributed by atoms with Crippen LogP contribution in [0.2, 0.25) is 5.02 Å². The van der Waals surface area contributed by atoms with Gasteiger partial charge in [0.25, 0.3) is 0 Å². The highest BCUT2D eigenvalue weighted by Gasteiger charge is 2.13. The van der Waals surface area contributed by atoms with Crippen molar-refractivity contribution in [2.24, 2.45) is 0 Å². The maximum absolute atomic E-state index is 11.1. The summed E-state index contributed by atoms with van der Waals surface area (Å²) in [4.78, 5) is 11.1. The molecule has 0 fully saturated rings. The number of carbonyl (C=O) groups is 1. The van der Waals surface area contributed by atoms with Crippen LogP contribution in [0.1, 0.15) is 29.2 Å². The van der Waals surface area contributed by atoms with Gasteiger partial charge >= 0.3 is 5.97 Å². The molecule has 0 heterocycles. The van der Waals surface area contributed by atoms with Gasteiger partial charge in [-0.3, -0.25) is 4.79 Å². The standard InChI is InChI=1S/C17H14ClNO2/c1-11-3-5-13(6-4-11)7-14-8-15(10-19)17(16(18)9-14)21-12(2)20/h3-6,8-9H,7H2,1-2H3. The third-order valence-electron chi connectivity index (χ3n) is 3.00. The second-order valence-corrected chi connectivity index (χ2v) is 5.23. The summed E-state index contributed by atoms with van der Waals surface area (Å²) in [5.74, 6) is -0.376. The Kier molecular flexibility index (Phi) is 4.62. The first-order valence-corrected chi connectivity index (χ1v) is 6.84. The molecule has 0 aliphatic rings. The molecule has 0 atom stereocenters. The fourth-order valence-corrected chi connectivity index (χ4v) is 2.30. The number of benzene rings is 2. The molecule has 0 saturated heterocycles. The average Bonchev–Trinajstić information content (AvgIpc) is 2.43. The Morgan fingerprint density at radius 2 is 1.90 bits per heavy atom. The van der Waals surface area contributed by atoms with E-state index in [2.05, 4.69) is 0 Å². The van der Waals surface area contributed by atoms with Crippen molar-refractivity contribution >= 4 is 17.6 Å². The Balaban J connectivity index is 2.34. The summed E-state index contributed by atoms with van der Waals surface area (Å²) < 4.78 is 4.99. The van der Waals surface area contributed by atoms with E-state index < -0.39 is 5.97 Å². The van der Waals surface area contributed by atoms with E-state index in [9.17, 15) is 10.1 Å². The SMILES string of the molecule is CC(=O)Oc1c(Cl)cc(Cc2ccc(C)cc2)cc1C#N. The molecule has 4 heteroatoms. The quantitative estimate of drug-likeness (QED) is 0.635. The van der Waals surface area contributed by atoms with Gasteiger partial charge in [0, 0.05) is 6.92 Å². The maximum Gasteiger partial charge on any atom is 0.308 e. The van der Waals surface area contributed by atoms with E-state index in [1.807, 2.05) is 37.3 Å². The number of carbonyl (C=O) groups excluding carboxylic acids is 1. The molecule has 0 unspecified atom stereocenters. The van der Waals surface area contributed by atoms with Gasteiger partial charge in [-0.1, -0.05) is 41.4 Å². The van der Waals surface area contributed by atoms with E-state index in [0.29, 0.717) is 6.42 Å². The molecule has 2 rings (SSSR count). The second-order valence-electron chi connectivity index (χ2n) is 4.82. The number of aryl methyl sites for hydroxylation is 1. The van der Waals surface area contributed by atoms with Gasteiger partial charge in [-0.05, 0) is 36.6 Å². The van der Waals surface area contributed by atoms with Crippen molar-refractivity contribution in [2.45, 2.75) is 20.3 Å². The smallest absolute Gasteiger partial charge is 0.308 e. The molecule has 0 radical (unpaired) electrons. The summed E-state index contributed by atoms with van der Waals surface area (Å²) >= 11 is 6.12. The van der Waals surface area contributed by atoms with Gasteiger partial charge in [0.2, 0.25) is 0 Å². The van der Waals surface area contributed by atoms with E-state index in [4.69, 9.17) is 16.3 Å². The monoisotopic (exact) mass is 299 g/mol. The molecule has 0 aliphatic heterocycles. The van der Waals surface area contributed by atoms with Crippen molar-refractivity contribution in [1.82, 2.24) is 0 Å². The van der Waals surface area contributed by atoms with Gasteiger partial charge in [0.15, 0.2) is 5.75 Å². The van der Waals surface area contributed by atoms with E-state index in [0.717, 1.165) is 11.1 Å². The fourth-order valence-electron chi connectivity index (χ4n) is 2.02. The van der Waals surface area contributed by atoms with Crippen LogP contribution in [-0.2, 0) is 11.2 Å². The number of nitrogens with zero attached hydrogens (tertiary/aromatic N) is 1. The van der Waals surface area contributed by atoms with E-state index in [-0.39, 0.29) is 16.3 Å². The maximum atomic E-state index is 11.1. The Hall–Kier alpha value is -2.31. The van der Waals surface area contributed by atoms with Gasteiger partial charge in [-0.15, -0.1) is 0 Å². The van der Waals surface area contributed by atoms with Crippen LogP contribution >= 0.6 is 11.6 Å². The Labute approximate surface area is 128 Å². The second kappa shape index (κ2) is 6.43. The third kappa shape index (κ3) is 3.84. The number of hydrogen-bond acceptors (Lipinski definition) is 3. The molecule has 0 aliphatic carbocycles. The summed E-state index contributed by atoms with van der Waals surface area (Å²) in [6.45, 7) is 3.31. The first kappa shape index (κ1) is 15.1. The predicted molar refractivity (Wildman–Crippen MR) is 81.5 cm³/mol. The Bertz CT molecular complexity index is 715.